The molecule has 0 bridgehead atoms. The van der Waals surface area contributed by atoms with Gasteiger partial charge in [0.25, 0.3) is 0 Å². The van der Waals surface area contributed by atoms with E-state index in [0.29, 0.717) is 0 Å². The Balaban J connectivity index is 0. The van der Waals surface area contributed by atoms with Crippen LogP contribution in [-0.4, -0.2) is 8.80 Å². The van der Waals surface area contributed by atoms with Gasteiger partial charge < -0.3 is 0 Å². The molecular weight excluding hydrogens is 143 g/mol. The molecule has 2 heteroatoms. The third kappa shape index (κ3) is 5.76. The Morgan fingerprint density at radius 2 is 1.80 bits per heavy atom. The topological polar surface area (TPSA) is 0 Å². The molecule has 0 aromatic heterocycles. The average Bonchev–Trinajstić information content (AvgIpc) is 1.91. The van der Waals surface area contributed by atoms with Crippen molar-refractivity contribution in [1.82, 2.24) is 0 Å². The van der Waals surface area contributed by atoms with Crippen LogP contribution < -0.4 is 0 Å². The lowest BCUT2D eigenvalue weighted by atomic mass is 10.4. The minimum atomic E-state index is -0.682. The Hall–Kier alpha value is -0.373. The van der Waals surface area contributed by atoms with E-state index in [0.717, 1.165) is 0 Å². The van der Waals surface area contributed by atoms with Gasteiger partial charge in [-0.1, -0.05) is 25.8 Å². The molecule has 10 heavy (non-hydrogen) atoms. The van der Waals surface area contributed by atoms with E-state index in [1.807, 2.05) is 0 Å². The van der Waals surface area contributed by atoms with E-state index in [9.17, 15) is 0 Å². The summed E-state index contributed by atoms with van der Waals surface area (Å²) in [5.41, 5.74) is 4.20. The van der Waals surface area contributed by atoms with E-state index in [2.05, 4.69) is 31.5 Å². The van der Waals surface area contributed by atoms with Gasteiger partial charge in [-0.05, 0) is 0 Å². The van der Waals surface area contributed by atoms with Crippen molar-refractivity contribution in [3.05, 3.63) is 24.6 Å². The lowest BCUT2D eigenvalue weighted by Crippen LogP contribution is -2.03. The average molecular weight is 160 g/mol. The summed E-state index contributed by atoms with van der Waals surface area (Å²) in [6.07, 6.45) is 2.64. The second kappa shape index (κ2) is 8.63. The van der Waals surface area contributed by atoms with Crippen LogP contribution in [0.15, 0.2) is 24.6 Å². The SMILES string of the molecule is C=C[SiH](C=C)CCCC.F. The monoisotopic (exact) mass is 160 g/mol. The molecule has 0 atom stereocenters. The van der Waals surface area contributed by atoms with E-state index in [1.165, 1.54) is 18.9 Å². The summed E-state index contributed by atoms with van der Waals surface area (Å²) >= 11 is 0. The Labute approximate surface area is 64.6 Å². The highest BCUT2D eigenvalue weighted by Crippen LogP contribution is 2.01. The molecule has 0 saturated carbocycles. The normalized spacial score (nSPS) is 8.60. The zero-order valence-corrected chi connectivity index (χ0v) is 7.83. The molecule has 0 amide bonds. The molecule has 0 aliphatic carbocycles. The number of rotatable bonds is 5. The van der Waals surface area contributed by atoms with Crippen molar-refractivity contribution < 1.29 is 4.70 Å². The predicted molar refractivity (Wildman–Crippen MR) is 49.8 cm³/mol. The molecule has 0 rings (SSSR count). The number of hydrogen-bond acceptors (Lipinski definition) is 0. The van der Waals surface area contributed by atoms with E-state index < -0.39 is 8.80 Å². The Bertz CT molecular complexity index is 83.3. The molecule has 0 fully saturated rings. The van der Waals surface area contributed by atoms with Crippen molar-refractivity contribution in [2.75, 3.05) is 0 Å². The van der Waals surface area contributed by atoms with Crippen LogP contribution in [0.5, 0.6) is 0 Å². The molecule has 0 spiro atoms. The van der Waals surface area contributed by atoms with Gasteiger partial charge in [-0.2, -0.15) is 0 Å². The minimum Gasteiger partial charge on any atom is -0.269 e. The third-order valence-corrected chi connectivity index (χ3v) is 3.78. The Morgan fingerprint density at radius 3 is 2.10 bits per heavy atom. The molecule has 0 radical (unpaired) electrons. The molecule has 60 valence electrons. The maximum Gasteiger partial charge on any atom is 0.0838 e. The van der Waals surface area contributed by atoms with E-state index in [4.69, 9.17) is 0 Å². The Morgan fingerprint density at radius 1 is 1.30 bits per heavy atom. The summed E-state index contributed by atoms with van der Waals surface area (Å²) in [5, 5.41) is 0. The number of unbranched alkanes of at least 4 members (excludes halogenated alkanes) is 1. The van der Waals surface area contributed by atoms with Crippen molar-refractivity contribution in [2.24, 2.45) is 0 Å². The fourth-order valence-corrected chi connectivity index (χ4v) is 2.32. The van der Waals surface area contributed by atoms with Crippen LogP contribution in [0, 0.1) is 0 Å². The smallest absolute Gasteiger partial charge is 0.0838 e. The highest BCUT2D eigenvalue weighted by Gasteiger charge is 1.97. The van der Waals surface area contributed by atoms with Gasteiger partial charge in [0, 0.05) is 0 Å². The molecule has 0 aliphatic rings. The molecular formula is C8H17FSi. The van der Waals surface area contributed by atoms with Gasteiger partial charge in [-0.3, -0.25) is 4.70 Å². The highest BCUT2D eigenvalue weighted by atomic mass is 28.3. The zero-order valence-electron chi connectivity index (χ0n) is 6.68. The minimum absolute atomic E-state index is 0. The van der Waals surface area contributed by atoms with Crippen molar-refractivity contribution in [3.63, 3.8) is 0 Å². The van der Waals surface area contributed by atoms with Crippen LogP contribution in [0.1, 0.15) is 19.8 Å². The maximum atomic E-state index is 3.78. The standard InChI is InChI=1S/C8H16Si.FH/c1-4-7-8-9(5-2)6-3;/h5-6,9H,2-4,7-8H2,1H3;1H. The van der Waals surface area contributed by atoms with Crippen LogP contribution in [0.2, 0.25) is 6.04 Å². The first-order valence-electron chi connectivity index (χ1n) is 3.60. The maximum absolute atomic E-state index is 3.78. The molecule has 0 nitrogen and oxygen atoms in total. The van der Waals surface area contributed by atoms with Crippen molar-refractivity contribution >= 4 is 8.80 Å². The van der Waals surface area contributed by atoms with Crippen LogP contribution in [0.4, 0.5) is 4.70 Å². The first kappa shape index (κ1) is 12.3. The van der Waals surface area contributed by atoms with Gasteiger partial charge in [-0.25, -0.2) is 0 Å². The summed E-state index contributed by atoms with van der Waals surface area (Å²) in [6, 6.07) is 1.35. The Kier molecular flexibility index (Phi) is 10.6. The van der Waals surface area contributed by atoms with E-state index in [-0.39, 0.29) is 4.70 Å². The molecule has 0 saturated heterocycles. The fourth-order valence-electron chi connectivity index (χ4n) is 0.772. The second-order valence-corrected chi connectivity index (χ2v) is 5.13. The predicted octanol–water partition coefficient (Wildman–Crippen LogP) is 2.62. The number of hydrogen-bond donors (Lipinski definition) is 0. The van der Waals surface area contributed by atoms with Crippen LogP contribution >= 0.6 is 0 Å². The van der Waals surface area contributed by atoms with Gasteiger partial charge in [0.05, 0.1) is 8.80 Å². The van der Waals surface area contributed by atoms with Crippen LogP contribution in [-0.2, 0) is 0 Å². The van der Waals surface area contributed by atoms with E-state index >= 15 is 0 Å². The van der Waals surface area contributed by atoms with Crippen molar-refractivity contribution in [3.8, 4) is 0 Å². The molecule has 0 heterocycles. The fraction of sp³-hybridized carbons (Fsp3) is 0.500. The lowest BCUT2D eigenvalue weighted by molar-refractivity contribution is 0.878. The first-order chi connectivity index (χ1) is 4.35. The largest absolute Gasteiger partial charge is 0.269 e. The van der Waals surface area contributed by atoms with Gasteiger partial charge in [-0.15, -0.1) is 24.6 Å². The summed E-state index contributed by atoms with van der Waals surface area (Å²) in [6.45, 7) is 9.77. The van der Waals surface area contributed by atoms with Gasteiger partial charge in [0.15, 0.2) is 0 Å². The van der Waals surface area contributed by atoms with Gasteiger partial charge in [0.1, 0.15) is 0 Å². The van der Waals surface area contributed by atoms with Gasteiger partial charge >= 0.3 is 0 Å². The molecule has 0 aliphatic heterocycles. The second-order valence-electron chi connectivity index (χ2n) is 2.28. The summed E-state index contributed by atoms with van der Waals surface area (Å²) in [4.78, 5) is 0. The van der Waals surface area contributed by atoms with Crippen LogP contribution in [0.25, 0.3) is 0 Å². The summed E-state index contributed by atoms with van der Waals surface area (Å²) < 4.78 is 0. The highest BCUT2D eigenvalue weighted by molar-refractivity contribution is 6.69. The van der Waals surface area contributed by atoms with Gasteiger partial charge in [0.2, 0.25) is 0 Å². The van der Waals surface area contributed by atoms with E-state index in [1.54, 1.807) is 0 Å². The first-order valence-corrected chi connectivity index (χ1v) is 5.75. The van der Waals surface area contributed by atoms with Crippen LogP contribution in [0.3, 0.4) is 0 Å². The molecule has 0 aromatic carbocycles. The molecule has 0 unspecified atom stereocenters. The molecule has 0 N–H and O–H groups in total. The zero-order chi connectivity index (χ0) is 7.11. The molecule has 0 aromatic rings. The summed E-state index contributed by atoms with van der Waals surface area (Å²) in [7, 11) is -0.682. The quantitative estimate of drug-likeness (QED) is 0.542. The van der Waals surface area contributed by atoms with Crippen molar-refractivity contribution in [2.45, 2.75) is 25.8 Å². The van der Waals surface area contributed by atoms with Crippen molar-refractivity contribution in [1.29, 1.82) is 0 Å². The lowest BCUT2D eigenvalue weighted by Gasteiger charge is -2.00. The number of halogens is 1. The summed E-state index contributed by atoms with van der Waals surface area (Å²) in [5.74, 6) is 0. The third-order valence-electron chi connectivity index (χ3n) is 1.50.